The zero-order valence-corrected chi connectivity index (χ0v) is 13.3. The van der Waals surface area contributed by atoms with Gasteiger partial charge in [-0.15, -0.1) is 0 Å². The fourth-order valence-electron chi connectivity index (χ4n) is 1.82. The minimum atomic E-state index is -1.13. The zero-order valence-electron chi connectivity index (χ0n) is 11.8. The molecule has 0 aliphatic rings. The van der Waals surface area contributed by atoms with Gasteiger partial charge in [0.25, 0.3) is 0 Å². The fraction of sp³-hybridized carbons (Fsp3) is 0.857. The molecule has 0 radical (unpaired) electrons. The molecule has 106 valence electrons. The first kappa shape index (κ1) is 17.6. The van der Waals surface area contributed by atoms with Gasteiger partial charge in [-0.1, -0.05) is 61.4 Å². The van der Waals surface area contributed by atoms with Gasteiger partial charge in [0, 0.05) is 0 Å². The Hall–Kier alpha value is -0.380. The first-order valence-electron chi connectivity index (χ1n) is 6.86. The van der Waals surface area contributed by atoms with Crippen molar-refractivity contribution in [3.8, 4) is 0 Å². The summed E-state index contributed by atoms with van der Waals surface area (Å²) in [6.07, 6.45) is 7.31. The highest BCUT2D eigenvalue weighted by Gasteiger charge is 2.41. The van der Waals surface area contributed by atoms with Gasteiger partial charge in [-0.2, -0.15) is 0 Å². The Labute approximate surface area is 119 Å². The molecule has 0 aromatic rings. The summed E-state index contributed by atoms with van der Waals surface area (Å²) in [4.78, 5) is 23.4. The van der Waals surface area contributed by atoms with Crippen LogP contribution < -0.4 is 0 Å². The highest BCUT2D eigenvalue weighted by molar-refractivity contribution is 9.10. The number of esters is 1. The SMILES string of the molecule is CCCCCCCCC(Br)(C(C)=O)C(=O)OCC. The molecule has 0 heterocycles. The number of Topliss-reactive ketones (excluding diaryl/α,β-unsaturated/α-hetero) is 1. The quantitative estimate of drug-likeness (QED) is 0.264. The monoisotopic (exact) mass is 320 g/mol. The molecule has 0 saturated heterocycles. The van der Waals surface area contributed by atoms with E-state index in [-0.39, 0.29) is 5.78 Å². The number of carbonyl (C=O) groups is 2. The molecule has 0 aromatic carbocycles. The summed E-state index contributed by atoms with van der Waals surface area (Å²) < 4.78 is 3.83. The largest absolute Gasteiger partial charge is 0.465 e. The summed E-state index contributed by atoms with van der Waals surface area (Å²) in [7, 11) is 0. The Bertz CT molecular complexity index is 266. The van der Waals surface area contributed by atoms with Gasteiger partial charge in [0.1, 0.15) is 0 Å². The topological polar surface area (TPSA) is 43.4 Å². The van der Waals surface area contributed by atoms with Gasteiger partial charge in [0.2, 0.25) is 0 Å². The molecular weight excluding hydrogens is 296 g/mol. The maximum absolute atomic E-state index is 11.8. The van der Waals surface area contributed by atoms with Crippen LogP contribution in [0.1, 0.15) is 65.7 Å². The average Bonchev–Trinajstić information content (AvgIpc) is 2.33. The van der Waals surface area contributed by atoms with E-state index in [2.05, 4.69) is 22.9 Å². The molecule has 18 heavy (non-hydrogen) atoms. The molecule has 0 fully saturated rings. The summed E-state index contributed by atoms with van der Waals surface area (Å²) in [5.74, 6) is -0.624. The maximum atomic E-state index is 11.8. The van der Waals surface area contributed by atoms with Crippen LogP contribution in [0.2, 0.25) is 0 Å². The number of halogens is 1. The molecule has 1 atom stereocenters. The third-order valence-electron chi connectivity index (χ3n) is 3.03. The van der Waals surface area contributed by atoms with Crippen LogP contribution in [0.3, 0.4) is 0 Å². The second kappa shape index (κ2) is 9.54. The number of hydrogen-bond donors (Lipinski definition) is 0. The van der Waals surface area contributed by atoms with Crippen LogP contribution >= 0.6 is 15.9 Å². The number of ketones is 1. The van der Waals surface area contributed by atoms with Crippen LogP contribution in [-0.2, 0) is 14.3 Å². The van der Waals surface area contributed by atoms with E-state index in [0.717, 1.165) is 19.3 Å². The number of alkyl halides is 1. The van der Waals surface area contributed by atoms with Gasteiger partial charge in [-0.3, -0.25) is 9.59 Å². The highest BCUT2D eigenvalue weighted by Crippen LogP contribution is 2.28. The van der Waals surface area contributed by atoms with Crippen molar-refractivity contribution in [2.24, 2.45) is 0 Å². The number of ether oxygens (including phenoxy) is 1. The Balaban J connectivity index is 4.12. The van der Waals surface area contributed by atoms with Crippen molar-refractivity contribution in [3.05, 3.63) is 0 Å². The predicted octanol–water partition coefficient (Wildman–Crippen LogP) is 4.02. The molecule has 0 aliphatic heterocycles. The van der Waals surface area contributed by atoms with E-state index in [1.54, 1.807) is 6.92 Å². The van der Waals surface area contributed by atoms with Crippen LogP contribution in [0, 0.1) is 0 Å². The van der Waals surface area contributed by atoms with E-state index in [1.807, 2.05) is 0 Å². The lowest BCUT2D eigenvalue weighted by Gasteiger charge is -2.22. The third-order valence-corrected chi connectivity index (χ3v) is 4.31. The number of unbranched alkanes of at least 4 members (excludes halogenated alkanes) is 5. The fourth-order valence-corrected chi connectivity index (χ4v) is 2.21. The summed E-state index contributed by atoms with van der Waals surface area (Å²) in [6, 6.07) is 0. The van der Waals surface area contributed by atoms with Crippen molar-refractivity contribution in [1.29, 1.82) is 0 Å². The van der Waals surface area contributed by atoms with Gasteiger partial charge < -0.3 is 4.74 Å². The lowest BCUT2D eigenvalue weighted by molar-refractivity contribution is -0.148. The van der Waals surface area contributed by atoms with E-state index >= 15 is 0 Å². The second-order valence-corrected chi connectivity index (χ2v) is 5.95. The lowest BCUT2D eigenvalue weighted by Crippen LogP contribution is -2.40. The van der Waals surface area contributed by atoms with E-state index in [9.17, 15) is 9.59 Å². The van der Waals surface area contributed by atoms with Crippen LogP contribution in [0.4, 0.5) is 0 Å². The summed E-state index contributed by atoms with van der Waals surface area (Å²) >= 11 is 3.28. The molecule has 0 rings (SSSR count). The van der Waals surface area contributed by atoms with Crippen molar-refractivity contribution in [1.82, 2.24) is 0 Å². The Morgan fingerprint density at radius 3 is 2.11 bits per heavy atom. The minimum Gasteiger partial charge on any atom is -0.465 e. The summed E-state index contributed by atoms with van der Waals surface area (Å²) in [6.45, 7) is 5.66. The maximum Gasteiger partial charge on any atom is 0.330 e. The number of carbonyl (C=O) groups excluding carboxylic acids is 2. The van der Waals surface area contributed by atoms with Crippen molar-refractivity contribution < 1.29 is 14.3 Å². The van der Waals surface area contributed by atoms with Crippen LogP contribution in [-0.4, -0.2) is 22.7 Å². The molecule has 0 amide bonds. The minimum absolute atomic E-state index is 0.172. The first-order chi connectivity index (χ1) is 8.49. The molecule has 4 heteroatoms. The molecule has 3 nitrogen and oxygen atoms in total. The first-order valence-corrected chi connectivity index (χ1v) is 7.65. The molecule has 0 N–H and O–H groups in total. The molecule has 0 aromatic heterocycles. The normalized spacial score (nSPS) is 14.0. The molecule has 0 spiro atoms. The predicted molar refractivity (Wildman–Crippen MR) is 77.0 cm³/mol. The Morgan fingerprint density at radius 2 is 1.61 bits per heavy atom. The van der Waals surface area contributed by atoms with Crippen LogP contribution in [0.5, 0.6) is 0 Å². The number of rotatable bonds is 10. The van der Waals surface area contributed by atoms with E-state index < -0.39 is 10.3 Å². The smallest absolute Gasteiger partial charge is 0.330 e. The number of hydrogen-bond acceptors (Lipinski definition) is 3. The summed E-state index contributed by atoms with van der Waals surface area (Å²) in [5.41, 5.74) is 0. The van der Waals surface area contributed by atoms with Crippen LogP contribution in [0.25, 0.3) is 0 Å². The molecular formula is C14H25BrO3. The van der Waals surface area contributed by atoms with Gasteiger partial charge in [-0.05, 0) is 20.3 Å². The van der Waals surface area contributed by atoms with Gasteiger partial charge in [0.05, 0.1) is 6.61 Å². The van der Waals surface area contributed by atoms with Gasteiger partial charge in [0.15, 0.2) is 10.1 Å². The van der Waals surface area contributed by atoms with Crippen molar-refractivity contribution in [2.45, 2.75) is 70.0 Å². The van der Waals surface area contributed by atoms with Crippen LogP contribution in [0.15, 0.2) is 0 Å². The van der Waals surface area contributed by atoms with Gasteiger partial charge >= 0.3 is 5.97 Å². The van der Waals surface area contributed by atoms with Crippen molar-refractivity contribution in [2.75, 3.05) is 6.61 Å². The van der Waals surface area contributed by atoms with E-state index in [1.165, 1.54) is 26.2 Å². The standard InChI is InChI=1S/C14H25BrO3/c1-4-6-7-8-9-10-11-14(15,12(3)16)13(17)18-5-2/h4-11H2,1-3H3. The van der Waals surface area contributed by atoms with E-state index in [4.69, 9.17) is 4.74 Å². The Kier molecular flexibility index (Phi) is 9.34. The molecule has 1 unspecified atom stereocenters. The van der Waals surface area contributed by atoms with Crippen molar-refractivity contribution >= 4 is 27.7 Å². The average molecular weight is 321 g/mol. The van der Waals surface area contributed by atoms with Gasteiger partial charge in [-0.25, -0.2) is 0 Å². The molecule has 0 saturated carbocycles. The Morgan fingerprint density at radius 1 is 1.06 bits per heavy atom. The van der Waals surface area contributed by atoms with E-state index in [0.29, 0.717) is 13.0 Å². The third kappa shape index (κ3) is 5.98. The van der Waals surface area contributed by atoms with Crippen molar-refractivity contribution in [3.63, 3.8) is 0 Å². The molecule has 0 bridgehead atoms. The zero-order chi connectivity index (χ0) is 14.0. The second-order valence-electron chi connectivity index (χ2n) is 4.60. The summed E-state index contributed by atoms with van der Waals surface area (Å²) in [5, 5.41) is 0. The lowest BCUT2D eigenvalue weighted by atomic mass is 9.96. The highest BCUT2D eigenvalue weighted by atomic mass is 79.9. The molecule has 0 aliphatic carbocycles.